The standard InChI is InChI=1S/C25H30FN3O3/c1-31-19-6-7-23-21(16-19)20(8-11-28-23)24(30)17-29-13-9-18(10-14-29)27-12-15-32-25-5-3-2-4-22(25)26/h2-8,11,16,18,24,27,30H,9-10,12-15,17H2,1H3/t24-/m0/s1. The van der Waals surface area contributed by atoms with E-state index in [0.29, 0.717) is 31.5 Å². The van der Waals surface area contributed by atoms with E-state index in [4.69, 9.17) is 9.47 Å². The van der Waals surface area contributed by atoms with Crippen molar-refractivity contribution in [2.75, 3.05) is 39.9 Å². The summed E-state index contributed by atoms with van der Waals surface area (Å²) in [4.78, 5) is 6.69. The number of halogens is 1. The number of aliphatic hydroxyl groups excluding tert-OH is 1. The number of pyridine rings is 1. The number of β-amino-alcohol motifs (C(OH)–C–C–N with tert-alkyl or cyclic N) is 1. The van der Waals surface area contributed by atoms with Gasteiger partial charge in [-0.15, -0.1) is 0 Å². The number of aliphatic hydroxyl groups is 1. The van der Waals surface area contributed by atoms with Gasteiger partial charge in [-0.25, -0.2) is 4.39 Å². The number of methoxy groups -OCH3 is 1. The van der Waals surface area contributed by atoms with Crippen LogP contribution in [0.1, 0.15) is 24.5 Å². The number of fused-ring (bicyclic) bond motifs is 1. The largest absolute Gasteiger partial charge is 0.497 e. The van der Waals surface area contributed by atoms with Crippen LogP contribution in [0.3, 0.4) is 0 Å². The van der Waals surface area contributed by atoms with E-state index in [9.17, 15) is 9.50 Å². The molecule has 6 nitrogen and oxygen atoms in total. The Balaban J connectivity index is 1.24. The summed E-state index contributed by atoms with van der Waals surface area (Å²) in [5, 5.41) is 15.3. The quantitative estimate of drug-likeness (QED) is 0.497. The van der Waals surface area contributed by atoms with E-state index in [0.717, 1.165) is 48.1 Å². The van der Waals surface area contributed by atoms with Crippen molar-refractivity contribution in [2.45, 2.75) is 25.0 Å². The second-order valence-electron chi connectivity index (χ2n) is 8.11. The normalized spacial score (nSPS) is 16.2. The third kappa shape index (κ3) is 5.54. The molecule has 1 fully saturated rings. The van der Waals surface area contributed by atoms with Crippen molar-refractivity contribution >= 4 is 10.9 Å². The van der Waals surface area contributed by atoms with Crippen molar-refractivity contribution in [3.63, 3.8) is 0 Å². The molecule has 0 unspecified atom stereocenters. The highest BCUT2D eigenvalue weighted by atomic mass is 19.1. The molecule has 0 spiro atoms. The van der Waals surface area contributed by atoms with Crippen molar-refractivity contribution < 1.29 is 19.0 Å². The number of rotatable bonds is 9. The molecule has 4 rings (SSSR count). The number of likely N-dealkylation sites (tertiary alicyclic amines) is 1. The number of hydrogen-bond donors (Lipinski definition) is 2. The zero-order valence-corrected chi connectivity index (χ0v) is 18.3. The molecule has 2 N–H and O–H groups in total. The molecule has 3 aromatic rings. The molecule has 1 atom stereocenters. The van der Waals surface area contributed by atoms with E-state index in [1.54, 1.807) is 31.5 Å². The van der Waals surface area contributed by atoms with Gasteiger partial charge in [0.1, 0.15) is 12.4 Å². The van der Waals surface area contributed by atoms with Crippen LogP contribution in [-0.4, -0.2) is 60.9 Å². The smallest absolute Gasteiger partial charge is 0.165 e. The molecular weight excluding hydrogens is 409 g/mol. The van der Waals surface area contributed by atoms with E-state index in [2.05, 4.69) is 15.2 Å². The average molecular weight is 440 g/mol. The van der Waals surface area contributed by atoms with Crippen LogP contribution in [0.15, 0.2) is 54.7 Å². The van der Waals surface area contributed by atoms with Crippen molar-refractivity contribution in [3.05, 3.63) is 66.1 Å². The van der Waals surface area contributed by atoms with E-state index < -0.39 is 6.10 Å². The Kier molecular flexibility index (Phi) is 7.52. The van der Waals surface area contributed by atoms with Crippen molar-refractivity contribution in [1.29, 1.82) is 0 Å². The van der Waals surface area contributed by atoms with Crippen molar-refractivity contribution in [2.24, 2.45) is 0 Å². The minimum absolute atomic E-state index is 0.291. The van der Waals surface area contributed by atoms with Gasteiger partial charge in [0.2, 0.25) is 0 Å². The summed E-state index contributed by atoms with van der Waals surface area (Å²) in [7, 11) is 1.64. The molecule has 0 aliphatic carbocycles. The van der Waals surface area contributed by atoms with E-state index in [-0.39, 0.29) is 5.82 Å². The molecule has 0 saturated carbocycles. The molecule has 2 aromatic carbocycles. The number of nitrogens with one attached hydrogen (secondary N) is 1. The van der Waals surface area contributed by atoms with E-state index in [1.165, 1.54) is 6.07 Å². The maximum atomic E-state index is 13.6. The fourth-order valence-corrected chi connectivity index (χ4v) is 4.21. The Morgan fingerprint density at radius 3 is 2.78 bits per heavy atom. The molecule has 1 aliphatic rings. The van der Waals surface area contributed by atoms with Crippen LogP contribution >= 0.6 is 0 Å². The minimum atomic E-state index is -0.591. The Morgan fingerprint density at radius 2 is 2.00 bits per heavy atom. The average Bonchev–Trinajstić information content (AvgIpc) is 2.83. The van der Waals surface area contributed by atoms with Crippen LogP contribution in [0.25, 0.3) is 10.9 Å². The van der Waals surface area contributed by atoms with E-state index in [1.807, 2.05) is 24.3 Å². The van der Waals surface area contributed by atoms with Gasteiger partial charge in [0.25, 0.3) is 0 Å². The minimum Gasteiger partial charge on any atom is -0.497 e. The lowest BCUT2D eigenvalue weighted by Crippen LogP contribution is -2.44. The first-order valence-corrected chi connectivity index (χ1v) is 11.1. The fourth-order valence-electron chi connectivity index (χ4n) is 4.21. The molecule has 32 heavy (non-hydrogen) atoms. The Bertz CT molecular complexity index is 1020. The molecule has 0 bridgehead atoms. The number of aromatic nitrogens is 1. The summed E-state index contributed by atoms with van der Waals surface area (Å²) in [5.41, 5.74) is 1.72. The van der Waals surface area contributed by atoms with Gasteiger partial charge in [0.05, 0.1) is 18.7 Å². The lowest BCUT2D eigenvalue weighted by atomic mass is 10.0. The summed E-state index contributed by atoms with van der Waals surface area (Å²) in [6, 6.07) is 14.5. The lowest BCUT2D eigenvalue weighted by molar-refractivity contribution is 0.0945. The molecule has 1 saturated heterocycles. The van der Waals surface area contributed by atoms with Crippen molar-refractivity contribution in [1.82, 2.24) is 15.2 Å². The second kappa shape index (κ2) is 10.7. The highest BCUT2D eigenvalue weighted by Gasteiger charge is 2.22. The Hall–Kier alpha value is -2.74. The molecule has 1 aromatic heterocycles. The summed E-state index contributed by atoms with van der Waals surface area (Å²) < 4.78 is 24.4. The second-order valence-corrected chi connectivity index (χ2v) is 8.11. The SMILES string of the molecule is COc1ccc2nccc([C@@H](O)CN3CCC(NCCOc4ccccc4F)CC3)c2c1. The Morgan fingerprint density at radius 1 is 1.19 bits per heavy atom. The van der Waals surface area contributed by atoms with Gasteiger partial charge in [0.15, 0.2) is 11.6 Å². The number of ether oxygens (including phenoxy) is 2. The lowest BCUT2D eigenvalue weighted by Gasteiger charge is -2.33. The van der Waals surface area contributed by atoms with Crippen LogP contribution in [0.4, 0.5) is 4.39 Å². The number of hydrogen-bond acceptors (Lipinski definition) is 6. The molecule has 2 heterocycles. The molecule has 7 heteroatoms. The predicted octanol–water partition coefficient (Wildman–Crippen LogP) is 3.55. The van der Waals surface area contributed by atoms with Gasteiger partial charge in [-0.05, 0) is 67.9 Å². The van der Waals surface area contributed by atoms with Crippen molar-refractivity contribution in [3.8, 4) is 11.5 Å². The van der Waals surface area contributed by atoms with Gasteiger partial charge < -0.3 is 24.8 Å². The third-order valence-corrected chi connectivity index (χ3v) is 5.99. The number of benzene rings is 2. The van der Waals surface area contributed by atoms with Crippen LogP contribution in [-0.2, 0) is 0 Å². The summed E-state index contributed by atoms with van der Waals surface area (Å²) >= 11 is 0. The predicted molar refractivity (Wildman–Crippen MR) is 123 cm³/mol. The van der Waals surface area contributed by atoms with Gasteiger partial charge in [0, 0.05) is 30.7 Å². The number of piperidine rings is 1. The first-order chi connectivity index (χ1) is 15.6. The van der Waals surface area contributed by atoms with Gasteiger partial charge in [-0.1, -0.05) is 12.1 Å². The third-order valence-electron chi connectivity index (χ3n) is 5.99. The van der Waals surface area contributed by atoms with Gasteiger partial charge in [-0.2, -0.15) is 0 Å². The monoisotopic (exact) mass is 439 g/mol. The molecular formula is C25H30FN3O3. The maximum Gasteiger partial charge on any atom is 0.165 e. The molecule has 0 radical (unpaired) electrons. The van der Waals surface area contributed by atoms with Crippen LogP contribution in [0.5, 0.6) is 11.5 Å². The van der Waals surface area contributed by atoms with Crippen LogP contribution < -0.4 is 14.8 Å². The molecule has 0 amide bonds. The van der Waals surface area contributed by atoms with Crippen LogP contribution in [0.2, 0.25) is 0 Å². The summed E-state index contributed by atoms with van der Waals surface area (Å²) in [5.74, 6) is 0.712. The first kappa shape index (κ1) is 22.5. The number of para-hydroxylation sites is 1. The summed E-state index contributed by atoms with van der Waals surface area (Å²) in [6.07, 6.45) is 3.15. The highest BCUT2D eigenvalue weighted by molar-refractivity contribution is 5.83. The zero-order chi connectivity index (χ0) is 22.3. The molecule has 170 valence electrons. The van der Waals surface area contributed by atoms with Crippen LogP contribution in [0, 0.1) is 5.82 Å². The number of nitrogens with zero attached hydrogens (tertiary/aromatic N) is 2. The van der Waals surface area contributed by atoms with E-state index >= 15 is 0 Å². The van der Waals surface area contributed by atoms with Gasteiger partial charge >= 0.3 is 0 Å². The highest BCUT2D eigenvalue weighted by Crippen LogP contribution is 2.27. The first-order valence-electron chi connectivity index (χ1n) is 11.1. The maximum absolute atomic E-state index is 13.6. The topological polar surface area (TPSA) is 66.9 Å². The zero-order valence-electron chi connectivity index (χ0n) is 18.3. The summed E-state index contributed by atoms with van der Waals surface area (Å²) in [6.45, 7) is 3.51. The Labute approximate surface area is 188 Å². The molecule has 1 aliphatic heterocycles. The fraction of sp³-hybridized carbons (Fsp3) is 0.400. The van der Waals surface area contributed by atoms with Gasteiger partial charge in [-0.3, -0.25) is 4.98 Å².